The van der Waals surface area contributed by atoms with Crippen LogP contribution in [-0.4, -0.2) is 22.3 Å². The molecule has 0 spiro atoms. The number of hydrogen-bond acceptors (Lipinski definition) is 4. The second-order valence-electron chi connectivity index (χ2n) is 8.00. The second-order valence-corrected chi connectivity index (χ2v) is 8.72. The highest BCUT2D eigenvalue weighted by atomic mass is 35.5. The van der Waals surface area contributed by atoms with Gasteiger partial charge in [-0.1, -0.05) is 71.7 Å². The molecule has 0 radical (unpaired) electrons. The zero-order valence-electron chi connectivity index (χ0n) is 17.6. The minimum atomic E-state index is -0.0785. The van der Waals surface area contributed by atoms with E-state index in [0.29, 0.717) is 10.3 Å². The predicted molar refractivity (Wildman–Crippen MR) is 131 cm³/mol. The molecule has 0 aliphatic heterocycles. The van der Waals surface area contributed by atoms with Gasteiger partial charge in [-0.15, -0.1) is 0 Å². The van der Waals surface area contributed by atoms with E-state index in [1.54, 1.807) is 6.20 Å². The lowest BCUT2D eigenvalue weighted by Crippen LogP contribution is -2.26. The van der Waals surface area contributed by atoms with Crippen molar-refractivity contribution in [2.45, 2.75) is 26.3 Å². The molecule has 158 valence electrons. The molecule has 4 nitrogen and oxygen atoms in total. The van der Waals surface area contributed by atoms with Crippen molar-refractivity contribution < 1.29 is 4.79 Å². The van der Waals surface area contributed by atoms with Crippen LogP contribution in [0.25, 0.3) is 33.0 Å². The van der Waals surface area contributed by atoms with E-state index in [1.807, 2.05) is 49.4 Å². The van der Waals surface area contributed by atoms with Crippen LogP contribution in [0.1, 0.15) is 20.8 Å². The van der Waals surface area contributed by atoms with Crippen LogP contribution in [0.2, 0.25) is 10.3 Å². The van der Waals surface area contributed by atoms with E-state index in [2.05, 4.69) is 54.3 Å². The monoisotopic (exact) mass is 451 g/mol. The van der Waals surface area contributed by atoms with Gasteiger partial charge in [0.05, 0.1) is 5.69 Å². The van der Waals surface area contributed by atoms with Gasteiger partial charge in [-0.25, -0.2) is 4.98 Å². The normalized spacial score (nSPS) is 11.0. The summed E-state index contributed by atoms with van der Waals surface area (Å²) in [6, 6.07) is 18.3. The smallest absolute Gasteiger partial charge is 0.139 e. The average molecular weight is 452 g/mol. The van der Waals surface area contributed by atoms with Crippen molar-refractivity contribution in [2.24, 2.45) is 0 Å². The Morgan fingerprint density at radius 1 is 0.871 bits per heavy atom. The summed E-state index contributed by atoms with van der Waals surface area (Å²) in [6.07, 6.45) is 3.61. The Morgan fingerprint density at radius 3 is 2.26 bits per heavy atom. The molecule has 4 rings (SSSR count). The van der Waals surface area contributed by atoms with Crippen molar-refractivity contribution in [3.63, 3.8) is 0 Å². The summed E-state index contributed by atoms with van der Waals surface area (Å²) in [6.45, 7) is 8.33. The number of rotatable bonds is 3. The number of halogens is 2. The van der Waals surface area contributed by atoms with Crippen LogP contribution in [0.5, 0.6) is 0 Å². The minimum absolute atomic E-state index is 0.0785. The fraction of sp³-hybridized carbons (Fsp3) is 0.160. The summed E-state index contributed by atoms with van der Waals surface area (Å²) in [4.78, 5) is 16.9. The molecule has 0 fully saturated rings. The lowest BCUT2D eigenvalue weighted by molar-refractivity contribution is -0.0979. The van der Waals surface area contributed by atoms with E-state index in [4.69, 9.17) is 28.0 Å². The molecule has 0 bridgehead atoms. The number of hydrogen-bond donors (Lipinski definition) is 1. The van der Waals surface area contributed by atoms with Crippen LogP contribution in [0, 0.1) is 0 Å². The van der Waals surface area contributed by atoms with Crippen molar-refractivity contribution in [3.05, 3.63) is 77.3 Å². The van der Waals surface area contributed by atoms with Crippen molar-refractivity contribution in [1.29, 1.82) is 0 Å². The molecule has 2 aromatic carbocycles. The number of nitrogens with one attached hydrogen (secondary N) is 1. The van der Waals surface area contributed by atoms with E-state index in [0.717, 1.165) is 38.7 Å². The maximum Gasteiger partial charge on any atom is 0.139 e. The van der Waals surface area contributed by atoms with Gasteiger partial charge in [0.25, 0.3) is 0 Å². The van der Waals surface area contributed by atoms with Gasteiger partial charge < -0.3 is 10.1 Å². The Labute approximate surface area is 192 Å². The van der Waals surface area contributed by atoms with Crippen molar-refractivity contribution in [3.8, 4) is 22.3 Å². The second kappa shape index (κ2) is 9.46. The number of nitrogens with zero attached hydrogens (tertiary/aromatic N) is 2. The summed E-state index contributed by atoms with van der Waals surface area (Å²) in [7, 11) is 0. The van der Waals surface area contributed by atoms with Crippen LogP contribution >= 0.6 is 23.2 Å². The quantitative estimate of drug-likeness (QED) is 0.332. The maximum absolute atomic E-state index is 8.00. The molecule has 0 saturated carbocycles. The molecule has 2 heterocycles. The number of aromatic nitrogens is 2. The first-order valence-corrected chi connectivity index (χ1v) is 10.4. The summed E-state index contributed by atoms with van der Waals surface area (Å²) >= 11 is 13.2. The van der Waals surface area contributed by atoms with Crippen molar-refractivity contribution >= 4 is 46.5 Å². The first-order chi connectivity index (χ1) is 14.8. The van der Waals surface area contributed by atoms with Gasteiger partial charge in [-0.2, -0.15) is 0 Å². The average Bonchev–Trinajstić information content (AvgIpc) is 2.74. The highest BCUT2D eigenvalue weighted by Gasteiger charge is 2.18. The molecule has 31 heavy (non-hydrogen) atoms. The lowest BCUT2D eigenvalue weighted by Gasteiger charge is -2.22. The van der Waals surface area contributed by atoms with E-state index in [-0.39, 0.29) is 5.54 Å². The van der Waals surface area contributed by atoms with Gasteiger partial charge >= 0.3 is 0 Å². The Kier molecular flexibility index (Phi) is 6.94. The highest BCUT2D eigenvalue weighted by molar-refractivity contribution is 6.39. The summed E-state index contributed by atoms with van der Waals surface area (Å²) in [5, 5.41) is 6.05. The standard InChI is InChI=1S/C24H21Cl2N3.CH2O/c1-24(2,3)29-17-12-16(13-27-14-17)20-19-11-7-10-18(15-8-5-4-6-9-15)21(19)23(26)28-22(20)25;1-2/h4-14,29H,1-3H3;1H2. The van der Waals surface area contributed by atoms with Crippen LogP contribution in [0.3, 0.4) is 0 Å². The van der Waals surface area contributed by atoms with Gasteiger partial charge in [0.2, 0.25) is 0 Å². The Bertz CT molecular complexity index is 1200. The third kappa shape index (κ3) is 5.04. The molecular formula is C25H23Cl2N3O. The van der Waals surface area contributed by atoms with E-state index >= 15 is 0 Å². The zero-order chi connectivity index (χ0) is 22.6. The number of benzene rings is 2. The van der Waals surface area contributed by atoms with Gasteiger partial charge in [-0.05, 0) is 43.4 Å². The maximum atomic E-state index is 8.00. The molecule has 0 amide bonds. The summed E-state index contributed by atoms with van der Waals surface area (Å²) in [5.41, 5.74) is 4.67. The molecular weight excluding hydrogens is 429 g/mol. The zero-order valence-corrected chi connectivity index (χ0v) is 19.1. The Balaban J connectivity index is 0.00000132. The topological polar surface area (TPSA) is 54.9 Å². The fourth-order valence-electron chi connectivity index (χ4n) is 3.50. The van der Waals surface area contributed by atoms with E-state index in [1.165, 1.54) is 0 Å². The number of pyridine rings is 2. The summed E-state index contributed by atoms with van der Waals surface area (Å²) in [5.74, 6) is 0. The third-order valence-electron chi connectivity index (χ3n) is 4.57. The molecule has 6 heteroatoms. The SMILES string of the molecule is C=O.CC(C)(C)Nc1cncc(-c2c(Cl)nc(Cl)c3c(-c4ccccc4)cccc23)c1. The minimum Gasteiger partial charge on any atom is -0.379 e. The Morgan fingerprint density at radius 2 is 1.58 bits per heavy atom. The van der Waals surface area contributed by atoms with Crippen LogP contribution < -0.4 is 5.32 Å². The molecule has 0 aliphatic rings. The van der Waals surface area contributed by atoms with E-state index in [9.17, 15) is 0 Å². The van der Waals surface area contributed by atoms with Crippen LogP contribution in [0.4, 0.5) is 5.69 Å². The fourth-order valence-corrected chi connectivity index (χ4v) is 4.13. The van der Waals surface area contributed by atoms with Gasteiger partial charge in [-0.3, -0.25) is 4.98 Å². The molecule has 2 aromatic heterocycles. The number of carbonyl (C=O) groups is 1. The summed E-state index contributed by atoms with van der Waals surface area (Å²) < 4.78 is 0. The van der Waals surface area contributed by atoms with Gasteiger partial charge in [0, 0.05) is 34.4 Å². The highest BCUT2D eigenvalue weighted by Crippen LogP contribution is 2.41. The Hall–Kier alpha value is -2.95. The number of carbonyl (C=O) groups excluding carboxylic acids is 1. The van der Waals surface area contributed by atoms with Crippen molar-refractivity contribution in [1.82, 2.24) is 9.97 Å². The first kappa shape index (κ1) is 22.7. The number of anilines is 1. The largest absolute Gasteiger partial charge is 0.379 e. The van der Waals surface area contributed by atoms with Crippen LogP contribution in [0.15, 0.2) is 67.0 Å². The third-order valence-corrected chi connectivity index (χ3v) is 5.12. The number of fused-ring (bicyclic) bond motifs is 1. The van der Waals surface area contributed by atoms with Crippen molar-refractivity contribution in [2.75, 3.05) is 5.32 Å². The molecule has 0 unspecified atom stereocenters. The molecule has 1 N–H and O–H groups in total. The molecule has 4 aromatic rings. The van der Waals surface area contributed by atoms with E-state index < -0.39 is 0 Å². The molecule has 0 saturated heterocycles. The molecule has 0 aliphatic carbocycles. The molecule has 0 atom stereocenters. The lowest BCUT2D eigenvalue weighted by atomic mass is 9.95. The predicted octanol–water partition coefficient (Wildman–Crippen LogP) is 7.30. The van der Waals surface area contributed by atoms with Gasteiger partial charge in [0.1, 0.15) is 17.1 Å². The first-order valence-electron chi connectivity index (χ1n) is 9.69. The van der Waals surface area contributed by atoms with Gasteiger partial charge in [0.15, 0.2) is 0 Å². The van der Waals surface area contributed by atoms with Crippen LogP contribution in [-0.2, 0) is 4.79 Å².